The number of carbonyl (C=O) groups is 2. The van der Waals surface area contributed by atoms with E-state index in [1.54, 1.807) is 18.2 Å². The first-order valence-electron chi connectivity index (χ1n) is 6.43. The summed E-state index contributed by atoms with van der Waals surface area (Å²) < 4.78 is 5.08. The largest absolute Gasteiger partial charge is 0.497 e. The first-order chi connectivity index (χ1) is 9.45. The van der Waals surface area contributed by atoms with Crippen LogP contribution in [-0.4, -0.2) is 41.6 Å². The van der Waals surface area contributed by atoms with Crippen LogP contribution in [0.2, 0.25) is 0 Å². The summed E-state index contributed by atoms with van der Waals surface area (Å²) >= 11 is 0. The van der Waals surface area contributed by atoms with E-state index in [-0.39, 0.29) is 17.4 Å². The molecule has 1 aliphatic heterocycles. The molecule has 2 rings (SSSR count). The topological polar surface area (TPSA) is 92.9 Å². The second kappa shape index (κ2) is 5.40. The number of rotatable bonds is 3. The van der Waals surface area contributed by atoms with Gasteiger partial charge in [-0.25, -0.2) is 4.79 Å². The van der Waals surface area contributed by atoms with Crippen LogP contribution in [0, 0.1) is 5.92 Å². The second-order valence-corrected chi connectivity index (χ2v) is 5.00. The Balaban J connectivity index is 2.34. The predicted octanol–water partition coefficient (Wildman–Crippen LogP) is 1.21. The zero-order valence-corrected chi connectivity index (χ0v) is 11.5. The highest BCUT2D eigenvalue weighted by molar-refractivity contribution is 6.01. The predicted molar refractivity (Wildman–Crippen MR) is 73.6 cm³/mol. The van der Waals surface area contributed by atoms with E-state index >= 15 is 0 Å². The van der Waals surface area contributed by atoms with E-state index in [0.29, 0.717) is 24.4 Å². The van der Waals surface area contributed by atoms with Gasteiger partial charge in [0.2, 0.25) is 0 Å². The van der Waals surface area contributed by atoms with Gasteiger partial charge >= 0.3 is 5.97 Å². The third-order valence-electron chi connectivity index (χ3n) is 3.70. The SMILES string of the molecule is COc1ccc(N)c(C(=O)N2CCC(C)C2C(=O)O)c1. The van der Waals surface area contributed by atoms with Crippen LogP contribution in [0.3, 0.4) is 0 Å². The lowest BCUT2D eigenvalue weighted by Crippen LogP contribution is -2.43. The van der Waals surface area contributed by atoms with Crippen LogP contribution in [-0.2, 0) is 4.79 Å². The quantitative estimate of drug-likeness (QED) is 0.811. The van der Waals surface area contributed by atoms with Gasteiger partial charge in [0.1, 0.15) is 11.8 Å². The number of ether oxygens (including phenoxy) is 1. The summed E-state index contributed by atoms with van der Waals surface area (Å²) in [4.78, 5) is 25.2. The smallest absolute Gasteiger partial charge is 0.326 e. The van der Waals surface area contributed by atoms with Crippen molar-refractivity contribution in [1.82, 2.24) is 4.90 Å². The molecule has 0 saturated carbocycles. The van der Waals surface area contributed by atoms with E-state index in [1.165, 1.54) is 12.0 Å². The van der Waals surface area contributed by atoms with Crippen LogP contribution in [0.5, 0.6) is 5.75 Å². The molecule has 1 heterocycles. The van der Waals surface area contributed by atoms with Crippen molar-refractivity contribution >= 4 is 17.6 Å². The molecule has 0 spiro atoms. The van der Waals surface area contributed by atoms with E-state index in [0.717, 1.165) is 0 Å². The molecule has 0 radical (unpaired) electrons. The van der Waals surface area contributed by atoms with Crippen molar-refractivity contribution in [3.63, 3.8) is 0 Å². The highest BCUT2D eigenvalue weighted by Gasteiger charge is 2.40. The van der Waals surface area contributed by atoms with Crippen molar-refractivity contribution in [3.8, 4) is 5.75 Å². The molecule has 2 atom stereocenters. The molecule has 1 aromatic carbocycles. The molecule has 1 aromatic rings. The zero-order valence-electron chi connectivity index (χ0n) is 11.5. The number of nitrogen functional groups attached to an aromatic ring is 1. The number of hydrogen-bond acceptors (Lipinski definition) is 4. The Hall–Kier alpha value is -2.24. The van der Waals surface area contributed by atoms with Crippen molar-refractivity contribution in [2.75, 3.05) is 19.4 Å². The molecule has 108 valence electrons. The number of aliphatic carboxylic acids is 1. The van der Waals surface area contributed by atoms with Gasteiger partial charge in [-0.05, 0) is 30.5 Å². The summed E-state index contributed by atoms with van der Waals surface area (Å²) in [7, 11) is 1.50. The van der Waals surface area contributed by atoms with Gasteiger partial charge in [0.05, 0.1) is 12.7 Å². The molecule has 3 N–H and O–H groups in total. The average molecular weight is 278 g/mol. The minimum absolute atomic E-state index is 0.0664. The van der Waals surface area contributed by atoms with Gasteiger partial charge in [0.15, 0.2) is 0 Å². The Morgan fingerprint density at radius 1 is 1.45 bits per heavy atom. The summed E-state index contributed by atoms with van der Waals surface area (Å²) in [6.45, 7) is 2.26. The number of nitrogens with two attached hydrogens (primary N) is 1. The van der Waals surface area contributed by atoms with Crippen LogP contribution in [0.15, 0.2) is 18.2 Å². The molecule has 1 fully saturated rings. The number of carboxylic acids is 1. The molecular formula is C14H18N2O4. The van der Waals surface area contributed by atoms with Crippen LogP contribution in [0.4, 0.5) is 5.69 Å². The number of methoxy groups -OCH3 is 1. The molecule has 1 aliphatic rings. The minimum atomic E-state index is -0.982. The molecule has 0 aromatic heterocycles. The van der Waals surface area contributed by atoms with Gasteiger partial charge in [-0.1, -0.05) is 6.92 Å². The molecule has 0 bridgehead atoms. The average Bonchev–Trinajstić information content (AvgIpc) is 2.80. The Bertz CT molecular complexity index is 544. The van der Waals surface area contributed by atoms with Crippen molar-refractivity contribution in [2.24, 2.45) is 5.92 Å². The Kier molecular flexibility index (Phi) is 3.83. The molecule has 2 unspecified atom stereocenters. The summed E-state index contributed by atoms with van der Waals surface area (Å²) in [6.07, 6.45) is 0.673. The van der Waals surface area contributed by atoms with Crippen LogP contribution in [0.1, 0.15) is 23.7 Å². The Labute approximate surface area is 117 Å². The first kappa shape index (κ1) is 14.2. The van der Waals surface area contributed by atoms with E-state index in [1.807, 2.05) is 6.92 Å². The van der Waals surface area contributed by atoms with Crippen LogP contribution in [0.25, 0.3) is 0 Å². The van der Waals surface area contributed by atoms with Gasteiger partial charge < -0.3 is 20.5 Å². The highest BCUT2D eigenvalue weighted by atomic mass is 16.5. The lowest BCUT2D eigenvalue weighted by molar-refractivity contribution is -0.142. The summed E-state index contributed by atoms with van der Waals surface area (Å²) in [5.74, 6) is -0.895. The third-order valence-corrected chi connectivity index (χ3v) is 3.70. The Morgan fingerprint density at radius 3 is 2.75 bits per heavy atom. The number of anilines is 1. The molecule has 0 aliphatic carbocycles. The maximum absolute atomic E-state index is 12.5. The number of nitrogens with zero attached hydrogens (tertiary/aromatic N) is 1. The van der Waals surface area contributed by atoms with Crippen LogP contribution < -0.4 is 10.5 Å². The van der Waals surface area contributed by atoms with Crippen LogP contribution >= 0.6 is 0 Å². The van der Waals surface area contributed by atoms with Crippen molar-refractivity contribution in [2.45, 2.75) is 19.4 Å². The second-order valence-electron chi connectivity index (χ2n) is 5.00. The number of benzene rings is 1. The van der Waals surface area contributed by atoms with E-state index in [9.17, 15) is 14.7 Å². The number of hydrogen-bond donors (Lipinski definition) is 2. The minimum Gasteiger partial charge on any atom is -0.497 e. The summed E-state index contributed by atoms with van der Waals surface area (Å²) in [5, 5.41) is 9.27. The molecular weight excluding hydrogens is 260 g/mol. The Morgan fingerprint density at radius 2 is 2.15 bits per heavy atom. The van der Waals surface area contributed by atoms with Gasteiger partial charge in [-0.2, -0.15) is 0 Å². The number of carbonyl (C=O) groups excluding carboxylic acids is 1. The van der Waals surface area contributed by atoms with Gasteiger partial charge in [-0.15, -0.1) is 0 Å². The fourth-order valence-electron chi connectivity index (χ4n) is 2.55. The van der Waals surface area contributed by atoms with E-state index < -0.39 is 12.0 Å². The third kappa shape index (κ3) is 2.41. The van der Waals surface area contributed by atoms with E-state index in [4.69, 9.17) is 10.5 Å². The van der Waals surface area contributed by atoms with Crippen molar-refractivity contribution in [1.29, 1.82) is 0 Å². The van der Waals surface area contributed by atoms with Gasteiger partial charge in [0, 0.05) is 12.2 Å². The zero-order chi connectivity index (χ0) is 14.9. The van der Waals surface area contributed by atoms with E-state index in [2.05, 4.69) is 0 Å². The highest BCUT2D eigenvalue weighted by Crippen LogP contribution is 2.28. The fraction of sp³-hybridized carbons (Fsp3) is 0.429. The molecule has 6 heteroatoms. The lowest BCUT2D eigenvalue weighted by Gasteiger charge is -2.24. The maximum Gasteiger partial charge on any atom is 0.326 e. The van der Waals surface area contributed by atoms with Gasteiger partial charge in [-0.3, -0.25) is 4.79 Å². The van der Waals surface area contributed by atoms with Gasteiger partial charge in [0.25, 0.3) is 5.91 Å². The molecule has 1 saturated heterocycles. The summed E-state index contributed by atoms with van der Waals surface area (Å²) in [5.41, 5.74) is 6.42. The molecule has 1 amide bonds. The monoisotopic (exact) mass is 278 g/mol. The lowest BCUT2D eigenvalue weighted by atomic mass is 10.0. The molecule has 20 heavy (non-hydrogen) atoms. The maximum atomic E-state index is 12.5. The summed E-state index contributed by atoms with van der Waals surface area (Å²) in [6, 6.07) is 3.99. The van der Waals surface area contributed by atoms with Crippen molar-refractivity contribution < 1.29 is 19.4 Å². The number of likely N-dealkylation sites (tertiary alicyclic amines) is 1. The van der Waals surface area contributed by atoms with Crippen molar-refractivity contribution in [3.05, 3.63) is 23.8 Å². The number of carboxylic acid groups (broad SMARTS) is 1. The number of amides is 1. The molecule has 6 nitrogen and oxygen atoms in total. The normalized spacial score (nSPS) is 21.8. The standard InChI is InChI=1S/C14H18N2O4/c1-8-5-6-16(12(8)14(18)19)13(17)10-7-9(20-2)3-4-11(10)15/h3-4,7-8,12H,5-6,15H2,1-2H3,(H,18,19). The first-order valence-corrected chi connectivity index (χ1v) is 6.43. The fourth-order valence-corrected chi connectivity index (χ4v) is 2.55.